The van der Waals surface area contributed by atoms with Gasteiger partial charge in [0.25, 0.3) is 0 Å². The van der Waals surface area contributed by atoms with Crippen LogP contribution < -0.4 is 0 Å². The molecule has 0 spiro atoms. The van der Waals surface area contributed by atoms with Crippen molar-refractivity contribution in [1.82, 2.24) is 4.90 Å². The SMILES string of the molecule is CC1CN(CCC#N)CC1C. The monoisotopic (exact) mass is 152 g/mol. The van der Waals surface area contributed by atoms with E-state index in [1.165, 1.54) is 13.1 Å². The molecular weight excluding hydrogens is 136 g/mol. The minimum absolute atomic E-state index is 0.680. The fourth-order valence-electron chi connectivity index (χ4n) is 1.64. The first-order chi connectivity index (χ1) is 5.24. The number of likely N-dealkylation sites (tertiary alicyclic amines) is 1. The average Bonchev–Trinajstić information content (AvgIpc) is 2.28. The van der Waals surface area contributed by atoms with Crippen LogP contribution in [-0.4, -0.2) is 24.5 Å². The van der Waals surface area contributed by atoms with Crippen LogP contribution in [0.2, 0.25) is 0 Å². The Morgan fingerprint density at radius 3 is 2.36 bits per heavy atom. The molecule has 0 aromatic carbocycles. The lowest BCUT2D eigenvalue weighted by molar-refractivity contribution is 0.332. The van der Waals surface area contributed by atoms with Crippen molar-refractivity contribution in [2.24, 2.45) is 11.8 Å². The third-order valence-electron chi connectivity index (χ3n) is 2.60. The summed E-state index contributed by atoms with van der Waals surface area (Å²) in [6.07, 6.45) is 0.680. The Labute approximate surface area is 68.8 Å². The molecule has 1 rings (SSSR count). The summed E-state index contributed by atoms with van der Waals surface area (Å²) in [6.45, 7) is 7.91. The van der Waals surface area contributed by atoms with Gasteiger partial charge in [0.2, 0.25) is 0 Å². The van der Waals surface area contributed by atoms with Gasteiger partial charge in [-0.15, -0.1) is 0 Å². The normalized spacial score (nSPS) is 32.1. The van der Waals surface area contributed by atoms with Gasteiger partial charge in [0, 0.05) is 26.1 Å². The Morgan fingerprint density at radius 1 is 1.36 bits per heavy atom. The van der Waals surface area contributed by atoms with Gasteiger partial charge in [0.05, 0.1) is 6.07 Å². The Balaban J connectivity index is 2.25. The van der Waals surface area contributed by atoms with E-state index in [1.54, 1.807) is 0 Å². The number of rotatable bonds is 2. The average molecular weight is 152 g/mol. The van der Waals surface area contributed by atoms with Crippen molar-refractivity contribution in [2.45, 2.75) is 20.3 Å². The third kappa shape index (κ3) is 2.20. The molecule has 11 heavy (non-hydrogen) atoms. The van der Waals surface area contributed by atoms with E-state index in [1.807, 2.05) is 0 Å². The van der Waals surface area contributed by atoms with Crippen molar-refractivity contribution in [1.29, 1.82) is 5.26 Å². The van der Waals surface area contributed by atoms with Gasteiger partial charge in [-0.25, -0.2) is 0 Å². The molecule has 0 amide bonds. The van der Waals surface area contributed by atoms with Crippen molar-refractivity contribution in [3.63, 3.8) is 0 Å². The molecule has 0 aliphatic carbocycles. The van der Waals surface area contributed by atoms with Gasteiger partial charge >= 0.3 is 0 Å². The first-order valence-electron chi connectivity index (χ1n) is 4.33. The first-order valence-corrected chi connectivity index (χ1v) is 4.33. The maximum Gasteiger partial charge on any atom is 0.0635 e. The summed E-state index contributed by atoms with van der Waals surface area (Å²) in [5.41, 5.74) is 0. The van der Waals surface area contributed by atoms with Gasteiger partial charge in [-0.1, -0.05) is 13.8 Å². The van der Waals surface area contributed by atoms with Crippen LogP contribution >= 0.6 is 0 Å². The van der Waals surface area contributed by atoms with E-state index < -0.39 is 0 Å². The van der Waals surface area contributed by atoms with E-state index in [0.717, 1.165) is 18.4 Å². The van der Waals surface area contributed by atoms with Crippen LogP contribution in [0.1, 0.15) is 20.3 Å². The highest BCUT2D eigenvalue weighted by Crippen LogP contribution is 2.21. The third-order valence-corrected chi connectivity index (χ3v) is 2.60. The summed E-state index contributed by atoms with van der Waals surface area (Å²) in [4.78, 5) is 2.39. The summed E-state index contributed by atoms with van der Waals surface area (Å²) >= 11 is 0. The van der Waals surface area contributed by atoms with E-state index in [0.29, 0.717) is 6.42 Å². The zero-order valence-electron chi connectivity index (χ0n) is 7.38. The lowest BCUT2D eigenvalue weighted by Crippen LogP contribution is -2.21. The van der Waals surface area contributed by atoms with Crippen LogP contribution in [0.15, 0.2) is 0 Å². The van der Waals surface area contributed by atoms with Crippen LogP contribution in [0.4, 0.5) is 0 Å². The fourth-order valence-corrected chi connectivity index (χ4v) is 1.64. The van der Waals surface area contributed by atoms with Crippen molar-refractivity contribution < 1.29 is 0 Å². The summed E-state index contributed by atoms with van der Waals surface area (Å²) < 4.78 is 0. The zero-order valence-corrected chi connectivity index (χ0v) is 7.38. The number of hydrogen-bond donors (Lipinski definition) is 0. The molecule has 2 unspecified atom stereocenters. The highest BCUT2D eigenvalue weighted by Gasteiger charge is 2.24. The maximum absolute atomic E-state index is 8.38. The molecule has 0 aromatic heterocycles. The van der Waals surface area contributed by atoms with Crippen LogP contribution in [0.3, 0.4) is 0 Å². The highest BCUT2D eigenvalue weighted by atomic mass is 15.1. The summed E-state index contributed by atoms with van der Waals surface area (Å²) in [7, 11) is 0. The number of nitrogens with zero attached hydrogens (tertiary/aromatic N) is 2. The summed E-state index contributed by atoms with van der Waals surface area (Å²) in [6, 6.07) is 2.18. The second kappa shape index (κ2) is 3.73. The molecule has 2 atom stereocenters. The second-order valence-corrected chi connectivity index (χ2v) is 3.62. The predicted octanol–water partition coefficient (Wildman–Crippen LogP) is 1.49. The van der Waals surface area contributed by atoms with Gasteiger partial charge in [-0.3, -0.25) is 0 Å². The van der Waals surface area contributed by atoms with Crippen LogP contribution in [0, 0.1) is 23.2 Å². The predicted molar refractivity (Wildman–Crippen MR) is 45.0 cm³/mol. The fraction of sp³-hybridized carbons (Fsp3) is 0.889. The Morgan fingerprint density at radius 2 is 1.91 bits per heavy atom. The van der Waals surface area contributed by atoms with Gasteiger partial charge in [-0.05, 0) is 11.8 Å². The summed E-state index contributed by atoms with van der Waals surface area (Å²) in [5, 5.41) is 8.38. The summed E-state index contributed by atoms with van der Waals surface area (Å²) in [5.74, 6) is 1.63. The van der Waals surface area contributed by atoms with Gasteiger partial charge in [-0.2, -0.15) is 5.26 Å². The van der Waals surface area contributed by atoms with E-state index in [-0.39, 0.29) is 0 Å². The lowest BCUT2D eigenvalue weighted by atomic mass is 10.0. The second-order valence-electron chi connectivity index (χ2n) is 3.62. The molecule has 1 saturated heterocycles. The van der Waals surface area contributed by atoms with Crippen LogP contribution in [-0.2, 0) is 0 Å². The van der Waals surface area contributed by atoms with Crippen molar-refractivity contribution >= 4 is 0 Å². The van der Waals surface area contributed by atoms with E-state index in [2.05, 4.69) is 24.8 Å². The topological polar surface area (TPSA) is 27.0 Å². The van der Waals surface area contributed by atoms with Crippen LogP contribution in [0.25, 0.3) is 0 Å². The van der Waals surface area contributed by atoms with Crippen LogP contribution in [0.5, 0.6) is 0 Å². The van der Waals surface area contributed by atoms with Gasteiger partial charge in [0.15, 0.2) is 0 Å². The molecule has 0 saturated carbocycles. The molecule has 1 aliphatic heterocycles. The van der Waals surface area contributed by atoms with E-state index in [4.69, 9.17) is 5.26 Å². The van der Waals surface area contributed by atoms with E-state index in [9.17, 15) is 0 Å². The minimum Gasteiger partial charge on any atom is -0.302 e. The smallest absolute Gasteiger partial charge is 0.0635 e. The van der Waals surface area contributed by atoms with E-state index >= 15 is 0 Å². The standard InChI is InChI=1S/C9H16N2/c1-8-6-11(5-3-4-10)7-9(8)2/h8-9H,3,5-7H2,1-2H3. The molecule has 1 heterocycles. The van der Waals surface area contributed by atoms with Crippen molar-refractivity contribution in [3.8, 4) is 6.07 Å². The minimum atomic E-state index is 0.680. The Hall–Kier alpha value is -0.550. The molecule has 1 aliphatic rings. The molecule has 1 fully saturated rings. The number of nitriles is 1. The number of hydrogen-bond acceptors (Lipinski definition) is 2. The molecule has 2 nitrogen and oxygen atoms in total. The lowest BCUT2D eigenvalue weighted by Gasteiger charge is -2.11. The largest absolute Gasteiger partial charge is 0.302 e. The van der Waals surface area contributed by atoms with Crippen molar-refractivity contribution in [2.75, 3.05) is 19.6 Å². The Bertz CT molecular complexity index is 149. The van der Waals surface area contributed by atoms with Gasteiger partial charge in [0.1, 0.15) is 0 Å². The maximum atomic E-state index is 8.38. The molecule has 62 valence electrons. The Kier molecular flexibility index (Phi) is 2.90. The molecule has 0 bridgehead atoms. The first kappa shape index (κ1) is 8.55. The van der Waals surface area contributed by atoms with Crippen molar-refractivity contribution in [3.05, 3.63) is 0 Å². The molecule has 0 radical (unpaired) electrons. The zero-order chi connectivity index (χ0) is 8.27. The molecule has 0 aromatic rings. The highest BCUT2D eigenvalue weighted by molar-refractivity contribution is 4.81. The van der Waals surface area contributed by atoms with Gasteiger partial charge < -0.3 is 4.90 Å². The molecule has 2 heteroatoms. The molecular formula is C9H16N2. The quantitative estimate of drug-likeness (QED) is 0.599. The molecule has 0 N–H and O–H groups in total.